The van der Waals surface area contributed by atoms with Crippen LogP contribution in [0, 0.1) is 0 Å². The molecule has 1 aromatic carbocycles. The van der Waals surface area contributed by atoms with Crippen LogP contribution in [0.15, 0.2) is 18.2 Å². The molecule has 26 heavy (non-hydrogen) atoms. The van der Waals surface area contributed by atoms with Crippen LogP contribution >= 0.6 is 11.3 Å². The van der Waals surface area contributed by atoms with Gasteiger partial charge in [0.15, 0.2) is 11.5 Å². The number of hydrogen-bond donors (Lipinski definition) is 1. The number of nitrogens with one attached hydrogen (secondary N) is 1. The van der Waals surface area contributed by atoms with E-state index in [9.17, 15) is 0 Å². The summed E-state index contributed by atoms with van der Waals surface area (Å²) in [6.45, 7) is 3.97. The molecule has 5 heteroatoms. The molecule has 140 valence electrons. The van der Waals surface area contributed by atoms with Crippen LogP contribution in [0.2, 0.25) is 0 Å². The van der Waals surface area contributed by atoms with Crippen molar-refractivity contribution in [2.24, 2.45) is 0 Å². The highest BCUT2D eigenvalue weighted by atomic mass is 32.1. The van der Waals surface area contributed by atoms with Crippen LogP contribution in [-0.2, 0) is 6.42 Å². The molecule has 4 nitrogen and oxygen atoms in total. The molecule has 0 bridgehead atoms. The van der Waals surface area contributed by atoms with Gasteiger partial charge in [-0.05, 0) is 49.5 Å². The molecule has 0 atom stereocenters. The number of hydrogen-bond acceptors (Lipinski definition) is 5. The van der Waals surface area contributed by atoms with Gasteiger partial charge in [-0.25, -0.2) is 4.98 Å². The highest BCUT2D eigenvalue weighted by molar-refractivity contribution is 7.16. The maximum absolute atomic E-state index is 5.92. The largest absolute Gasteiger partial charge is 0.493 e. The number of ether oxygens (including phenoxy) is 2. The summed E-state index contributed by atoms with van der Waals surface area (Å²) in [5.41, 5.74) is 2.30. The molecule has 0 saturated heterocycles. The number of methoxy groups -OCH3 is 1. The van der Waals surface area contributed by atoms with Crippen LogP contribution in [-0.4, -0.2) is 25.2 Å². The molecular formula is C21H28N2O2S. The molecule has 1 N–H and O–H groups in total. The first-order valence-corrected chi connectivity index (χ1v) is 10.3. The van der Waals surface area contributed by atoms with Crippen LogP contribution in [0.3, 0.4) is 0 Å². The van der Waals surface area contributed by atoms with E-state index in [1.165, 1.54) is 36.4 Å². The first kappa shape index (κ1) is 18.8. The first-order valence-electron chi connectivity index (χ1n) is 9.52. The molecule has 0 radical (unpaired) electrons. The zero-order chi connectivity index (χ0) is 18.2. The van der Waals surface area contributed by atoms with E-state index < -0.39 is 0 Å². The molecule has 0 amide bonds. The van der Waals surface area contributed by atoms with E-state index >= 15 is 0 Å². The van der Waals surface area contributed by atoms with Crippen molar-refractivity contribution in [3.63, 3.8) is 0 Å². The number of aromatic nitrogens is 1. The fraction of sp³-hybridized carbons (Fsp3) is 0.476. The van der Waals surface area contributed by atoms with E-state index in [1.807, 2.05) is 18.2 Å². The SMILES string of the molecule is CCCCCOc1cc(C=Cc2nc3c(s2)NCCCC3)ccc1OC. The molecule has 3 rings (SSSR count). The molecule has 1 aliphatic heterocycles. The van der Waals surface area contributed by atoms with Crippen molar-refractivity contribution < 1.29 is 9.47 Å². The normalized spacial score (nSPS) is 13.9. The Labute approximate surface area is 160 Å². The van der Waals surface area contributed by atoms with Gasteiger partial charge in [-0.15, -0.1) is 0 Å². The molecule has 1 aliphatic rings. The van der Waals surface area contributed by atoms with Gasteiger partial charge < -0.3 is 14.8 Å². The van der Waals surface area contributed by atoms with E-state index in [4.69, 9.17) is 14.5 Å². The van der Waals surface area contributed by atoms with Crippen LogP contribution < -0.4 is 14.8 Å². The molecular weight excluding hydrogens is 344 g/mol. The number of thiazole rings is 1. The van der Waals surface area contributed by atoms with Crippen molar-refractivity contribution >= 4 is 28.5 Å². The van der Waals surface area contributed by atoms with Crippen LogP contribution in [0.25, 0.3) is 12.2 Å². The minimum absolute atomic E-state index is 0.724. The Morgan fingerprint density at radius 2 is 2.12 bits per heavy atom. The fourth-order valence-electron chi connectivity index (χ4n) is 2.98. The van der Waals surface area contributed by atoms with Gasteiger partial charge in [0.05, 0.1) is 19.4 Å². The van der Waals surface area contributed by atoms with Gasteiger partial charge in [0.25, 0.3) is 0 Å². The van der Waals surface area contributed by atoms with Crippen molar-refractivity contribution in [1.82, 2.24) is 4.98 Å². The first-order chi connectivity index (χ1) is 12.8. The Morgan fingerprint density at radius 3 is 2.96 bits per heavy atom. The predicted octanol–water partition coefficient (Wildman–Crippen LogP) is 5.64. The summed E-state index contributed by atoms with van der Waals surface area (Å²) in [5.74, 6) is 1.59. The maximum Gasteiger partial charge on any atom is 0.161 e. The highest BCUT2D eigenvalue weighted by Gasteiger charge is 2.12. The molecule has 0 saturated carbocycles. The Balaban J connectivity index is 1.69. The summed E-state index contributed by atoms with van der Waals surface area (Å²) >= 11 is 1.73. The zero-order valence-corrected chi connectivity index (χ0v) is 16.5. The number of benzene rings is 1. The van der Waals surface area contributed by atoms with Gasteiger partial charge in [0.2, 0.25) is 0 Å². The standard InChI is InChI=1S/C21H28N2O2S/c1-3-4-7-14-25-19-15-16(9-11-18(19)24-2)10-12-20-23-17-8-5-6-13-22-21(17)26-20/h9-12,15,22H,3-8,13-14H2,1-2H3. The average molecular weight is 373 g/mol. The fourth-order valence-corrected chi connectivity index (χ4v) is 3.92. The zero-order valence-electron chi connectivity index (χ0n) is 15.7. The van der Waals surface area contributed by atoms with Gasteiger partial charge in [0.1, 0.15) is 10.0 Å². The van der Waals surface area contributed by atoms with E-state index in [0.717, 1.165) is 48.1 Å². The lowest BCUT2D eigenvalue weighted by molar-refractivity contribution is 0.286. The summed E-state index contributed by atoms with van der Waals surface area (Å²) in [6.07, 6.45) is 11.1. The molecule has 2 heterocycles. The summed E-state index contributed by atoms with van der Waals surface area (Å²) in [4.78, 5) is 4.77. The summed E-state index contributed by atoms with van der Waals surface area (Å²) in [6, 6.07) is 6.05. The molecule has 0 fully saturated rings. The Hall–Kier alpha value is -2.01. The summed E-state index contributed by atoms with van der Waals surface area (Å²) in [7, 11) is 1.68. The number of rotatable bonds is 8. The lowest BCUT2D eigenvalue weighted by Gasteiger charge is -2.11. The predicted molar refractivity (Wildman–Crippen MR) is 110 cm³/mol. The summed E-state index contributed by atoms with van der Waals surface area (Å²) in [5, 5.41) is 5.77. The second-order valence-corrected chi connectivity index (χ2v) is 7.54. The Morgan fingerprint density at radius 1 is 1.19 bits per heavy atom. The minimum Gasteiger partial charge on any atom is -0.493 e. The highest BCUT2D eigenvalue weighted by Crippen LogP contribution is 2.31. The van der Waals surface area contributed by atoms with Gasteiger partial charge >= 0.3 is 0 Å². The minimum atomic E-state index is 0.724. The van der Waals surface area contributed by atoms with Crippen LogP contribution in [0.5, 0.6) is 11.5 Å². The Kier molecular flexibility index (Phi) is 6.95. The third-order valence-electron chi connectivity index (χ3n) is 4.45. The van der Waals surface area contributed by atoms with Crippen LogP contribution in [0.1, 0.15) is 55.3 Å². The third kappa shape index (κ3) is 5.01. The number of nitrogens with zero attached hydrogens (tertiary/aromatic N) is 1. The van der Waals surface area contributed by atoms with E-state index in [1.54, 1.807) is 18.4 Å². The van der Waals surface area contributed by atoms with E-state index in [2.05, 4.69) is 24.4 Å². The maximum atomic E-state index is 5.92. The molecule has 0 aliphatic carbocycles. The van der Waals surface area contributed by atoms with Crippen molar-refractivity contribution in [2.75, 3.05) is 25.6 Å². The molecule has 0 spiro atoms. The van der Waals surface area contributed by atoms with Crippen molar-refractivity contribution in [1.29, 1.82) is 0 Å². The number of unbranched alkanes of at least 4 members (excludes halogenated alkanes) is 2. The topological polar surface area (TPSA) is 43.4 Å². The van der Waals surface area contributed by atoms with Crippen molar-refractivity contribution in [3.8, 4) is 11.5 Å². The van der Waals surface area contributed by atoms with Gasteiger partial charge in [-0.2, -0.15) is 0 Å². The number of aryl methyl sites for hydroxylation is 1. The number of anilines is 1. The van der Waals surface area contributed by atoms with Crippen LogP contribution in [0.4, 0.5) is 5.00 Å². The molecule has 2 aromatic rings. The second-order valence-electron chi connectivity index (χ2n) is 6.51. The smallest absolute Gasteiger partial charge is 0.161 e. The van der Waals surface area contributed by atoms with Crippen molar-refractivity contribution in [2.45, 2.75) is 45.4 Å². The summed E-state index contributed by atoms with van der Waals surface area (Å²) < 4.78 is 11.3. The van der Waals surface area contributed by atoms with E-state index in [-0.39, 0.29) is 0 Å². The lowest BCUT2D eigenvalue weighted by atomic mass is 10.2. The lowest BCUT2D eigenvalue weighted by Crippen LogP contribution is -1.99. The quantitative estimate of drug-likeness (QED) is 0.609. The van der Waals surface area contributed by atoms with Gasteiger partial charge in [-0.1, -0.05) is 43.2 Å². The number of fused-ring (bicyclic) bond motifs is 1. The third-order valence-corrected chi connectivity index (χ3v) is 5.47. The molecule has 1 aromatic heterocycles. The van der Waals surface area contributed by atoms with Gasteiger partial charge in [-0.3, -0.25) is 0 Å². The monoisotopic (exact) mass is 372 g/mol. The Bertz CT molecular complexity index is 716. The second kappa shape index (κ2) is 9.62. The molecule has 0 unspecified atom stereocenters. The van der Waals surface area contributed by atoms with Gasteiger partial charge in [0, 0.05) is 6.54 Å². The van der Waals surface area contributed by atoms with Crippen molar-refractivity contribution in [3.05, 3.63) is 34.5 Å². The average Bonchev–Trinajstić information content (AvgIpc) is 2.92. The van der Waals surface area contributed by atoms with E-state index in [0.29, 0.717) is 0 Å².